The number of amides is 1. The summed E-state index contributed by atoms with van der Waals surface area (Å²) in [6, 6.07) is 13.2. The fraction of sp³-hybridized carbons (Fsp3) is 0.150. The number of benzene rings is 2. The van der Waals surface area contributed by atoms with Crippen LogP contribution in [0.15, 0.2) is 52.6 Å². The van der Waals surface area contributed by atoms with E-state index in [1.807, 2.05) is 25.1 Å². The first-order chi connectivity index (χ1) is 12.9. The summed E-state index contributed by atoms with van der Waals surface area (Å²) in [6.07, 6.45) is 1.49. The molecule has 1 aromatic heterocycles. The van der Waals surface area contributed by atoms with Gasteiger partial charge in [0.25, 0.3) is 0 Å². The Kier molecular flexibility index (Phi) is 6.37. The van der Waals surface area contributed by atoms with Crippen LogP contribution in [0.2, 0.25) is 10.0 Å². The summed E-state index contributed by atoms with van der Waals surface area (Å²) in [5, 5.41) is 6.90. The summed E-state index contributed by atoms with van der Waals surface area (Å²) in [4.78, 5) is 16.6. The molecular formula is C20H17Cl2N3OS. The van der Waals surface area contributed by atoms with Crippen LogP contribution in [0.5, 0.6) is 0 Å². The van der Waals surface area contributed by atoms with E-state index in [0.717, 1.165) is 21.5 Å². The third-order valence-corrected chi connectivity index (χ3v) is 5.33. The second kappa shape index (κ2) is 8.74. The van der Waals surface area contributed by atoms with Crippen LogP contribution >= 0.6 is 35.0 Å². The van der Waals surface area contributed by atoms with Gasteiger partial charge in [-0.25, -0.2) is 10.4 Å². The molecule has 0 aliphatic carbocycles. The van der Waals surface area contributed by atoms with Crippen molar-refractivity contribution in [1.82, 2.24) is 10.4 Å². The minimum Gasteiger partial charge on any atom is -0.272 e. The fourth-order valence-electron chi connectivity index (χ4n) is 2.50. The number of fused-ring (bicyclic) bond motifs is 1. The van der Waals surface area contributed by atoms with Crippen LogP contribution in [0.4, 0.5) is 0 Å². The highest BCUT2D eigenvalue weighted by Gasteiger charge is 2.07. The molecule has 0 saturated heterocycles. The number of carbonyl (C=O) groups excluding carboxylic acids is 1. The van der Waals surface area contributed by atoms with E-state index in [9.17, 15) is 4.79 Å². The predicted molar refractivity (Wildman–Crippen MR) is 114 cm³/mol. The molecule has 138 valence electrons. The van der Waals surface area contributed by atoms with Crippen LogP contribution in [0.1, 0.15) is 16.7 Å². The fourth-order valence-corrected chi connectivity index (χ4v) is 3.73. The van der Waals surface area contributed by atoms with Crippen LogP contribution in [-0.4, -0.2) is 22.9 Å². The maximum Gasteiger partial charge on any atom is 0.250 e. The van der Waals surface area contributed by atoms with Crippen molar-refractivity contribution in [3.05, 3.63) is 69.2 Å². The molecule has 1 amide bonds. The van der Waals surface area contributed by atoms with Gasteiger partial charge < -0.3 is 0 Å². The summed E-state index contributed by atoms with van der Waals surface area (Å²) in [5.74, 6) is -0.0000291. The van der Waals surface area contributed by atoms with E-state index in [1.165, 1.54) is 23.5 Å². The Morgan fingerprint density at radius 1 is 1.19 bits per heavy atom. The molecule has 0 radical (unpaired) electrons. The van der Waals surface area contributed by atoms with E-state index in [-0.39, 0.29) is 11.7 Å². The minimum absolute atomic E-state index is 0.218. The summed E-state index contributed by atoms with van der Waals surface area (Å²) >= 11 is 13.3. The second-order valence-electron chi connectivity index (χ2n) is 6.05. The molecule has 0 aliphatic rings. The van der Waals surface area contributed by atoms with E-state index in [1.54, 1.807) is 18.2 Å². The number of aryl methyl sites for hydroxylation is 2. The lowest BCUT2D eigenvalue weighted by Gasteiger charge is -2.07. The maximum absolute atomic E-state index is 12.0. The van der Waals surface area contributed by atoms with E-state index < -0.39 is 0 Å². The first-order valence-corrected chi connectivity index (χ1v) is 9.94. The van der Waals surface area contributed by atoms with Crippen LogP contribution in [0, 0.1) is 13.8 Å². The van der Waals surface area contributed by atoms with Gasteiger partial charge in [-0.3, -0.25) is 4.79 Å². The first-order valence-electron chi connectivity index (χ1n) is 8.20. The van der Waals surface area contributed by atoms with Crippen molar-refractivity contribution in [2.75, 3.05) is 5.75 Å². The van der Waals surface area contributed by atoms with Crippen LogP contribution < -0.4 is 5.43 Å². The van der Waals surface area contributed by atoms with E-state index in [2.05, 4.69) is 28.5 Å². The molecule has 0 spiro atoms. The van der Waals surface area contributed by atoms with Gasteiger partial charge in [-0.1, -0.05) is 52.7 Å². The summed E-state index contributed by atoms with van der Waals surface area (Å²) in [7, 11) is 0. The molecule has 1 N–H and O–H groups in total. The van der Waals surface area contributed by atoms with Crippen molar-refractivity contribution in [2.45, 2.75) is 18.9 Å². The molecule has 0 aliphatic heterocycles. The van der Waals surface area contributed by atoms with Crippen molar-refractivity contribution in [3.8, 4) is 0 Å². The molecule has 0 atom stereocenters. The van der Waals surface area contributed by atoms with Gasteiger partial charge in [-0.15, -0.1) is 0 Å². The highest BCUT2D eigenvalue weighted by atomic mass is 35.5. The topological polar surface area (TPSA) is 54.4 Å². The summed E-state index contributed by atoms with van der Waals surface area (Å²) in [5.41, 5.74) is 6.44. The van der Waals surface area contributed by atoms with Crippen LogP contribution in [0.3, 0.4) is 0 Å². The van der Waals surface area contributed by atoms with Crippen molar-refractivity contribution >= 4 is 58.0 Å². The average Bonchev–Trinajstić information content (AvgIpc) is 2.62. The third kappa shape index (κ3) is 5.22. The average molecular weight is 418 g/mol. The largest absolute Gasteiger partial charge is 0.272 e. The molecule has 0 bridgehead atoms. The van der Waals surface area contributed by atoms with Crippen molar-refractivity contribution in [1.29, 1.82) is 0 Å². The lowest BCUT2D eigenvalue weighted by atomic mass is 10.1. The highest BCUT2D eigenvalue weighted by Crippen LogP contribution is 2.24. The second-order valence-corrected chi connectivity index (χ2v) is 7.88. The molecule has 0 unspecified atom stereocenters. The standard InChI is InChI=1S/C20H17Cl2N3OS/c1-12-3-6-18-16(7-12)13(2)8-20(24-18)27-11-19(26)25-23-10-14-4-5-15(21)9-17(14)22/h3-10H,11H2,1-2H3,(H,25,26). The third-order valence-electron chi connectivity index (χ3n) is 3.85. The Bertz CT molecular complexity index is 1040. The highest BCUT2D eigenvalue weighted by molar-refractivity contribution is 7.99. The van der Waals surface area contributed by atoms with Crippen molar-refractivity contribution in [3.63, 3.8) is 0 Å². The summed E-state index contributed by atoms with van der Waals surface area (Å²) in [6.45, 7) is 4.11. The zero-order valence-corrected chi connectivity index (χ0v) is 17.1. The molecular weight excluding hydrogens is 401 g/mol. The normalized spacial score (nSPS) is 11.3. The Hall–Kier alpha value is -2.08. The smallest absolute Gasteiger partial charge is 0.250 e. The zero-order valence-electron chi connectivity index (χ0n) is 14.8. The van der Waals surface area contributed by atoms with Gasteiger partial charge in [0.2, 0.25) is 5.91 Å². The van der Waals surface area contributed by atoms with E-state index in [0.29, 0.717) is 15.6 Å². The number of aromatic nitrogens is 1. The Morgan fingerprint density at radius 2 is 2.00 bits per heavy atom. The molecule has 4 nitrogen and oxygen atoms in total. The van der Waals surface area contributed by atoms with Crippen molar-refractivity contribution in [2.24, 2.45) is 5.10 Å². The van der Waals surface area contributed by atoms with Gasteiger partial charge in [0.15, 0.2) is 0 Å². The molecule has 3 aromatic rings. The van der Waals surface area contributed by atoms with Gasteiger partial charge in [-0.05, 0) is 49.7 Å². The summed E-state index contributed by atoms with van der Waals surface area (Å²) < 4.78 is 0. The lowest BCUT2D eigenvalue weighted by Crippen LogP contribution is -2.19. The van der Waals surface area contributed by atoms with Gasteiger partial charge in [0, 0.05) is 16.0 Å². The van der Waals surface area contributed by atoms with Gasteiger partial charge in [-0.2, -0.15) is 5.10 Å². The van der Waals surface area contributed by atoms with Gasteiger partial charge in [0.05, 0.1) is 27.5 Å². The maximum atomic E-state index is 12.0. The van der Waals surface area contributed by atoms with Crippen molar-refractivity contribution < 1.29 is 4.79 Å². The number of thioether (sulfide) groups is 1. The number of hydrogen-bond acceptors (Lipinski definition) is 4. The number of hydrazone groups is 1. The molecule has 3 rings (SSSR count). The number of halogens is 2. The Morgan fingerprint density at radius 3 is 2.78 bits per heavy atom. The van der Waals surface area contributed by atoms with E-state index in [4.69, 9.17) is 23.2 Å². The predicted octanol–water partition coefficient (Wildman–Crippen LogP) is 5.40. The molecule has 7 heteroatoms. The zero-order chi connectivity index (χ0) is 19.4. The number of rotatable bonds is 5. The Labute approximate surface area is 172 Å². The molecule has 27 heavy (non-hydrogen) atoms. The number of pyridine rings is 1. The van der Waals surface area contributed by atoms with E-state index >= 15 is 0 Å². The molecule has 1 heterocycles. The van der Waals surface area contributed by atoms with Crippen LogP contribution in [0.25, 0.3) is 10.9 Å². The number of nitrogens with zero attached hydrogens (tertiary/aromatic N) is 2. The lowest BCUT2D eigenvalue weighted by molar-refractivity contribution is -0.118. The molecule has 0 fully saturated rings. The quantitative estimate of drug-likeness (QED) is 0.343. The van der Waals surface area contributed by atoms with Crippen LogP contribution in [-0.2, 0) is 4.79 Å². The first kappa shape index (κ1) is 19.7. The Balaban J connectivity index is 1.60. The molecule has 0 saturated carbocycles. The molecule has 2 aromatic carbocycles. The SMILES string of the molecule is Cc1ccc2nc(SCC(=O)NN=Cc3ccc(Cl)cc3Cl)cc(C)c2c1. The van der Waals surface area contributed by atoms with Gasteiger partial charge >= 0.3 is 0 Å². The number of hydrogen-bond donors (Lipinski definition) is 1. The number of carbonyl (C=O) groups is 1. The minimum atomic E-state index is -0.218. The monoisotopic (exact) mass is 417 g/mol. The van der Waals surface area contributed by atoms with Gasteiger partial charge in [0.1, 0.15) is 0 Å². The number of nitrogens with one attached hydrogen (secondary N) is 1.